The number of furan rings is 1. The lowest BCUT2D eigenvalue weighted by Crippen LogP contribution is -2.39. The maximum atomic E-state index is 11.9. The third-order valence-corrected chi connectivity index (χ3v) is 4.09. The van der Waals surface area contributed by atoms with E-state index in [-0.39, 0.29) is 12.0 Å². The Labute approximate surface area is 112 Å². The predicted octanol–water partition coefficient (Wildman–Crippen LogP) is 0.910. The second kappa shape index (κ2) is 5.75. The third-order valence-electron chi connectivity index (χ3n) is 4.09. The van der Waals surface area contributed by atoms with Crippen LogP contribution in [0, 0.1) is 11.8 Å². The van der Waals surface area contributed by atoms with Gasteiger partial charge in [-0.15, -0.1) is 0 Å². The van der Waals surface area contributed by atoms with Crippen molar-refractivity contribution in [3.8, 4) is 0 Å². The standard InChI is InChI=1S/C14H20N2O3/c17-14(16-8-11-2-1-5-18-11)6-13-12-3-4-15-7-10(12)9-19-13/h1-2,5,10,12-13,15H,3-4,6-9H2,(H,16,17)/t10-,12-,13+/m1/s1. The van der Waals surface area contributed by atoms with E-state index in [9.17, 15) is 4.79 Å². The smallest absolute Gasteiger partial charge is 0.222 e. The average molecular weight is 264 g/mol. The number of ether oxygens (including phenoxy) is 1. The summed E-state index contributed by atoms with van der Waals surface area (Å²) in [6, 6.07) is 3.68. The van der Waals surface area contributed by atoms with Gasteiger partial charge in [-0.3, -0.25) is 4.79 Å². The van der Waals surface area contributed by atoms with Crippen LogP contribution in [0.25, 0.3) is 0 Å². The summed E-state index contributed by atoms with van der Waals surface area (Å²) in [5.41, 5.74) is 0. The van der Waals surface area contributed by atoms with Crippen molar-refractivity contribution < 1.29 is 13.9 Å². The fourth-order valence-corrected chi connectivity index (χ4v) is 3.05. The molecule has 1 aromatic rings. The number of nitrogens with one attached hydrogen (secondary N) is 2. The second-order valence-electron chi connectivity index (χ2n) is 5.35. The molecule has 3 heterocycles. The summed E-state index contributed by atoms with van der Waals surface area (Å²) in [7, 11) is 0. The molecule has 0 saturated carbocycles. The first-order valence-corrected chi connectivity index (χ1v) is 6.94. The van der Waals surface area contributed by atoms with Crippen molar-refractivity contribution in [2.24, 2.45) is 11.8 Å². The molecule has 0 aliphatic carbocycles. The van der Waals surface area contributed by atoms with Gasteiger partial charge in [-0.05, 0) is 31.0 Å². The van der Waals surface area contributed by atoms with Gasteiger partial charge in [-0.25, -0.2) is 0 Å². The molecule has 3 rings (SSSR count). The van der Waals surface area contributed by atoms with Crippen LogP contribution in [-0.4, -0.2) is 31.7 Å². The van der Waals surface area contributed by atoms with Gasteiger partial charge in [-0.2, -0.15) is 0 Å². The van der Waals surface area contributed by atoms with E-state index in [2.05, 4.69) is 10.6 Å². The van der Waals surface area contributed by atoms with Crippen molar-refractivity contribution in [3.63, 3.8) is 0 Å². The lowest BCUT2D eigenvalue weighted by molar-refractivity contribution is -0.124. The van der Waals surface area contributed by atoms with E-state index in [1.165, 1.54) is 0 Å². The van der Waals surface area contributed by atoms with Crippen LogP contribution in [0.4, 0.5) is 0 Å². The summed E-state index contributed by atoms with van der Waals surface area (Å²) in [4.78, 5) is 11.9. The molecule has 1 aromatic heterocycles. The Hall–Kier alpha value is -1.33. The summed E-state index contributed by atoms with van der Waals surface area (Å²) >= 11 is 0. The Bertz CT molecular complexity index is 418. The lowest BCUT2D eigenvalue weighted by Gasteiger charge is -2.27. The zero-order valence-corrected chi connectivity index (χ0v) is 10.9. The summed E-state index contributed by atoms with van der Waals surface area (Å²) in [5, 5.41) is 6.26. The molecule has 104 valence electrons. The first-order valence-electron chi connectivity index (χ1n) is 6.94. The molecule has 1 amide bonds. The highest BCUT2D eigenvalue weighted by molar-refractivity contribution is 5.76. The largest absolute Gasteiger partial charge is 0.467 e. The average Bonchev–Trinajstić information content (AvgIpc) is 3.07. The molecule has 19 heavy (non-hydrogen) atoms. The van der Waals surface area contributed by atoms with Crippen LogP contribution in [-0.2, 0) is 16.1 Å². The Morgan fingerprint density at radius 3 is 3.32 bits per heavy atom. The van der Waals surface area contributed by atoms with Crippen LogP contribution in [0.5, 0.6) is 0 Å². The van der Waals surface area contributed by atoms with Gasteiger partial charge in [0, 0.05) is 12.5 Å². The topological polar surface area (TPSA) is 63.5 Å². The van der Waals surface area contributed by atoms with E-state index in [4.69, 9.17) is 9.15 Å². The number of carbonyl (C=O) groups excluding carboxylic acids is 1. The van der Waals surface area contributed by atoms with Crippen LogP contribution in [0.1, 0.15) is 18.6 Å². The molecule has 3 atom stereocenters. The molecule has 2 N–H and O–H groups in total. The SMILES string of the molecule is O=C(C[C@@H]1OC[C@H]2CNCC[C@H]21)NCc1ccco1. The zero-order chi connectivity index (χ0) is 13.1. The molecule has 5 nitrogen and oxygen atoms in total. The van der Waals surface area contributed by atoms with E-state index in [1.54, 1.807) is 6.26 Å². The minimum Gasteiger partial charge on any atom is -0.467 e. The quantitative estimate of drug-likeness (QED) is 0.848. The van der Waals surface area contributed by atoms with Crippen LogP contribution in [0.15, 0.2) is 22.8 Å². The van der Waals surface area contributed by atoms with Crippen molar-refractivity contribution in [1.82, 2.24) is 10.6 Å². The minimum atomic E-state index is 0.0422. The fraction of sp³-hybridized carbons (Fsp3) is 0.643. The molecule has 2 saturated heterocycles. The number of piperidine rings is 1. The molecule has 0 aromatic carbocycles. The van der Waals surface area contributed by atoms with Crippen molar-refractivity contribution in [3.05, 3.63) is 24.2 Å². The van der Waals surface area contributed by atoms with Crippen LogP contribution in [0.2, 0.25) is 0 Å². The van der Waals surface area contributed by atoms with E-state index in [0.717, 1.165) is 31.9 Å². The first-order chi connectivity index (χ1) is 9.33. The Balaban J connectivity index is 1.47. The molecule has 2 fully saturated rings. The number of amides is 1. The van der Waals surface area contributed by atoms with E-state index >= 15 is 0 Å². The summed E-state index contributed by atoms with van der Waals surface area (Å²) in [5.74, 6) is 1.94. The van der Waals surface area contributed by atoms with Crippen LogP contribution < -0.4 is 10.6 Å². The van der Waals surface area contributed by atoms with Crippen LogP contribution >= 0.6 is 0 Å². The summed E-state index contributed by atoms with van der Waals surface area (Å²) in [6.45, 7) is 3.30. The highest BCUT2D eigenvalue weighted by Crippen LogP contribution is 2.33. The number of hydrogen-bond acceptors (Lipinski definition) is 4. The predicted molar refractivity (Wildman–Crippen MR) is 69.4 cm³/mol. The molecule has 0 radical (unpaired) electrons. The highest BCUT2D eigenvalue weighted by atomic mass is 16.5. The number of fused-ring (bicyclic) bond motifs is 1. The van der Waals surface area contributed by atoms with Gasteiger partial charge in [0.15, 0.2) is 0 Å². The van der Waals surface area contributed by atoms with Gasteiger partial charge >= 0.3 is 0 Å². The second-order valence-corrected chi connectivity index (χ2v) is 5.35. The van der Waals surface area contributed by atoms with Crippen molar-refractivity contribution in [1.29, 1.82) is 0 Å². The molecular weight excluding hydrogens is 244 g/mol. The normalized spacial score (nSPS) is 30.0. The minimum absolute atomic E-state index is 0.0422. The molecular formula is C14H20N2O3. The van der Waals surface area contributed by atoms with Gasteiger partial charge in [-0.1, -0.05) is 0 Å². The van der Waals surface area contributed by atoms with Gasteiger partial charge in [0.25, 0.3) is 0 Å². The van der Waals surface area contributed by atoms with Gasteiger partial charge < -0.3 is 19.8 Å². The fourth-order valence-electron chi connectivity index (χ4n) is 3.05. The number of carbonyl (C=O) groups is 1. The van der Waals surface area contributed by atoms with Gasteiger partial charge in [0.05, 0.1) is 31.9 Å². The van der Waals surface area contributed by atoms with Crippen LogP contribution in [0.3, 0.4) is 0 Å². The summed E-state index contributed by atoms with van der Waals surface area (Å²) in [6.07, 6.45) is 3.27. The Kier molecular flexibility index (Phi) is 3.84. The summed E-state index contributed by atoms with van der Waals surface area (Å²) < 4.78 is 11.0. The zero-order valence-electron chi connectivity index (χ0n) is 10.9. The maximum Gasteiger partial charge on any atom is 0.222 e. The van der Waals surface area contributed by atoms with E-state index in [1.807, 2.05) is 12.1 Å². The van der Waals surface area contributed by atoms with Crippen molar-refractivity contribution >= 4 is 5.91 Å². The highest BCUT2D eigenvalue weighted by Gasteiger charge is 2.39. The van der Waals surface area contributed by atoms with Gasteiger partial charge in [0.1, 0.15) is 5.76 Å². The number of hydrogen-bond donors (Lipinski definition) is 2. The van der Waals surface area contributed by atoms with Crippen molar-refractivity contribution in [2.75, 3.05) is 19.7 Å². The third kappa shape index (κ3) is 2.98. The Morgan fingerprint density at radius 2 is 2.47 bits per heavy atom. The monoisotopic (exact) mass is 264 g/mol. The molecule has 0 unspecified atom stereocenters. The Morgan fingerprint density at radius 1 is 1.53 bits per heavy atom. The van der Waals surface area contributed by atoms with E-state index in [0.29, 0.717) is 24.8 Å². The van der Waals surface area contributed by atoms with Gasteiger partial charge in [0.2, 0.25) is 5.91 Å². The van der Waals surface area contributed by atoms with Crippen molar-refractivity contribution in [2.45, 2.75) is 25.5 Å². The molecule has 0 spiro atoms. The molecule has 0 bridgehead atoms. The number of rotatable bonds is 4. The molecule has 2 aliphatic heterocycles. The molecule has 2 aliphatic rings. The lowest BCUT2D eigenvalue weighted by atomic mass is 9.84. The van der Waals surface area contributed by atoms with E-state index < -0.39 is 0 Å². The molecule has 5 heteroatoms. The first kappa shape index (κ1) is 12.7. The maximum absolute atomic E-state index is 11.9.